The van der Waals surface area contributed by atoms with E-state index in [-0.39, 0.29) is 16.6 Å². The minimum Gasteiger partial charge on any atom is -0.495 e. The number of amides is 1. The van der Waals surface area contributed by atoms with Gasteiger partial charge in [-0.3, -0.25) is 4.79 Å². The van der Waals surface area contributed by atoms with Gasteiger partial charge in [-0.15, -0.1) is 11.8 Å². The van der Waals surface area contributed by atoms with Crippen LogP contribution in [0.2, 0.25) is 0 Å². The second-order valence-corrected chi connectivity index (χ2v) is 9.27. The second-order valence-electron chi connectivity index (χ2n) is 6.48. The van der Waals surface area contributed by atoms with E-state index in [0.717, 1.165) is 4.90 Å². The van der Waals surface area contributed by atoms with Gasteiger partial charge in [-0.2, -0.15) is 4.31 Å². The number of thioether (sulfide) groups is 1. The fraction of sp³-hybridized carbons (Fsp3) is 0.286. The van der Waals surface area contributed by atoms with E-state index in [1.54, 1.807) is 30.0 Å². The largest absolute Gasteiger partial charge is 0.495 e. The summed E-state index contributed by atoms with van der Waals surface area (Å²) in [5.74, 6) is -0.0429. The van der Waals surface area contributed by atoms with Gasteiger partial charge in [-0.1, -0.05) is 12.1 Å². The number of sulfonamides is 1. The Morgan fingerprint density at radius 2 is 1.97 bits per heavy atom. The van der Waals surface area contributed by atoms with Crippen LogP contribution in [0.5, 0.6) is 5.75 Å². The Morgan fingerprint density at radius 1 is 1.20 bits per heavy atom. The molecule has 9 heteroatoms. The Balaban J connectivity index is 1.79. The van der Waals surface area contributed by atoms with Crippen LogP contribution >= 0.6 is 11.8 Å². The van der Waals surface area contributed by atoms with Crippen LogP contribution in [0.3, 0.4) is 0 Å². The Hall–Kier alpha value is -2.33. The highest BCUT2D eigenvalue weighted by Gasteiger charge is 2.29. The summed E-state index contributed by atoms with van der Waals surface area (Å²) in [6.45, 7) is 1.31. The summed E-state index contributed by atoms with van der Waals surface area (Å²) in [7, 11) is -2.30. The van der Waals surface area contributed by atoms with E-state index in [4.69, 9.17) is 9.47 Å². The molecule has 1 saturated heterocycles. The maximum absolute atomic E-state index is 13.0. The summed E-state index contributed by atoms with van der Waals surface area (Å²) in [5, 5.41) is 2.80. The zero-order valence-electron chi connectivity index (χ0n) is 16.8. The van der Waals surface area contributed by atoms with Crippen LogP contribution in [-0.2, 0) is 19.6 Å². The fourth-order valence-corrected chi connectivity index (χ4v) is 5.04. The van der Waals surface area contributed by atoms with Crippen molar-refractivity contribution in [3.8, 4) is 5.75 Å². The summed E-state index contributed by atoms with van der Waals surface area (Å²) in [6, 6.07) is 12.3. The number of nitrogens with zero attached hydrogens (tertiary/aromatic N) is 1. The SMILES string of the molecule is COc1ccc(/C=C/C(=O)Nc2cccc(SC)c2)cc1S(=O)(=O)N1CCOCC1. The molecular formula is C21H24N2O5S2. The zero-order chi connectivity index (χ0) is 21.6. The lowest BCUT2D eigenvalue weighted by Crippen LogP contribution is -2.40. The van der Waals surface area contributed by atoms with Crippen molar-refractivity contribution in [2.45, 2.75) is 9.79 Å². The summed E-state index contributed by atoms with van der Waals surface area (Å²) in [4.78, 5) is 13.4. The first-order chi connectivity index (χ1) is 14.4. The van der Waals surface area contributed by atoms with Gasteiger partial charge in [0.2, 0.25) is 15.9 Å². The summed E-state index contributed by atoms with van der Waals surface area (Å²) < 4.78 is 38.0. The lowest BCUT2D eigenvalue weighted by Gasteiger charge is -2.26. The number of carbonyl (C=O) groups is 1. The van der Waals surface area contributed by atoms with Gasteiger partial charge in [-0.25, -0.2) is 8.42 Å². The lowest BCUT2D eigenvalue weighted by molar-refractivity contribution is -0.111. The van der Waals surface area contributed by atoms with Gasteiger partial charge in [-0.05, 0) is 48.2 Å². The van der Waals surface area contributed by atoms with Crippen molar-refractivity contribution in [2.24, 2.45) is 0 Å². The van der Waals surface area contributed by atoms with Gasteiger partial charge in [0.05, 0.1) is 20.3 Å². The van der Waals surface area contributed by atoms with Gasteiger partial charge >= 0.3 is 0 Å². The van der Waals surface area contributed by atoms with Crippen LogP contribution in [0.25, 0.3) is 6.08 Å². The normalized spacial score (nSPS) is 15.3. The second kappa shape index (κ2) is 10.1. The van der Waals surface area contributed by atoms with Gasteiger partial charge in [0.25, 0.3) is 0 Å². The molecule has 0 atom stereocenters. The highest BCUT2D eigenvalue weighted by atomic mass is 32.2. The average molecular weight is 449 g/mol. The Labute approximate surface area is 181 Å². The van der Waals surface area contributed by atoms with Crippen LogP contribution in [-0.4, -0.2) is 58.3 Å². The predicted molar refractivity (Wildman–Crippen MR) is 118 cm³/mol. The lowest BCUT2D eigenvalue weighted by atomic mass is 10.2. The number of rotatable bonds is 7. The molecule has 0 bridgehead atoms. The number of hydrogen-bond acceptors (Lipinski definition) is 6. The number of hydrogen-bond donors (Lipinski definition) is 1. The molecule has 7 nitrogen and oxygen atoms in total. The standard InChI is InChI=1S/C21H24N2O5S2/c1-27-19-8-6-16(14-20(19)30(25,26)23-10-12-28-13-11-23)7-9-21(24)22-17-4-3-5-18(15-17)29-2/h3-9,14-15H,10-13H2,1-2H3,(H,22,24)/b9-7+. The molecule has 0 radical (unpaired) electrons. The van der Waals surface area contributed by atoms with Crippen molar-refractivity contribution in [1.29, 1.82) is 0 Å². The van der Waals surface area contributed by atoms with E-state index in [9.17, 15) is 13.2 Å². The molecule has 0 aliphatic carbocycles. The maximum atomic E-state index is 13.0. The van der Waals surface area contributed by atoms with Gasteiger partial charge in [0.1, 0.15) is 10.6 Å². The average Bonchev–Trinajstić information content (AvgIpc) is 2.78. The van der Waals surface area contributed by atoms with Crippen molar-refractivity contribution in [2.75, 3.05) is 45.0 Å². The first-order valence-electron chi connectivity index (χ1n) is 9.33. The van der Waals surface area contributed by atoms with Crippen LogP contribution in [0, 0.1) is 0 Å². The molecule has 0 spiro atoms. The molecule has 0 saturated carbocycles. The number of methoxy groups -OCH3 is 1. The van der Waals surface area contributed by atoms with Gasteiger partial charge < -0.3 is 14.8 Å². The molecule has 2 aromatic rings. The number of morpholine rings is 1. The Kier molecular flexibility index (Phi) is 7.54. The topological polar surface area (TPSA) is 84.9 Å². The molecule has 0 unspecified atom stereocenters. The molecule has 1 amide bonds. The van der Waals surface area contributed by atoms with Crippen molar-refractivity contribution < 1.29 is 22.7 Å². The van der Waals surface area contributed by atoms with E-state index >= 15 is 0 Å². The third kappa shape index (κ3) is 5.42. The molecule has 1 N–H and O–H groups in total. The first-order valence-corrected chi connectivity index (χ1v) is 12.0. The van der Waals surface area contributed by atoms with E-state index in [1.807, 2.05) is 30.5 Å². The Bertz CT molecular complexity index is 1030. The van der Waals surface area contributed by atoms with E-state index in [2.05, 4.69) is 5.32 Å². The first kappa shape index (κ1) is 22.4. The van der Waals surface area contributed by atoms with Crippen LogP contribution < -0.4 is 10.1 Å². The monoisotopic (exact) mass is 448 g/mol. The van der Waals surface area contributed by atoms with Crippen LogP contribution in [0.15, 0.2) is 58.3 Å². The van der Waals surface area contributed by atoms with E-state index < -0.39 is 10.0 Å². The maximum Gasteiger partial charge on any atom is 0.248 e. The fourth-order valence-electron chi connectivity index (χ4n) is 2.98. The number of ether oxygens (including phenoxy) is 2. The van der Waals surface area contributed by atoms with Crippen LogP contribution in [0.4, 0.5) is 5.69 Å². The van der Waals surface area contributed by atoms with Gasteiger partial charge in [0.15, 0.2) is 0 Å². The van der Waals surface area contributed by atoms with Crippen molar-refractivity contribution in [1.82, 2.24) is 4.31 Å². The number of benzene rings is 2. The molecule has 160 valence electrons. The molecule has 1 fully saturated rings. The molecule has 1 aliphatic heterocycles. The highest BCUT2D eigenvalue weighted by Crippen LogP contribution is 2.29. The quantitative estimate of drug-likeness (QED) is 0.518. The smallest absolute Gasteiger partial charge is 0.248 e. The minimum atomic E-state index is -3.73. The minimum absolute atomic E-state index is 0.0714. The molecule has 30 heavy (non-hydrogen) atoms. The van der Waals surface area contributed by atoms with Crippen molar-refractivity contribution in [3.05, 3.63) is 54.1 Å². The number of anilines is 1. The predicted octanol–water partition coefficient (Wildman–Crippen LogP) is 3.09. The van der Waals surface area contributed by atoms with E-state index in [0.29, 0.717) is 37.6 Å². The van der Waals surface area contributed by atoms with E-state index in [1.165, 1.54) is 23.6 Å². The van der Waals surface area contributed by atoms with Crippen molar-refractivity contribution >= 4 is 39.5 Å². The molecule has 1 heterocycles. The third-order valence-corrected chi connectivity index (χ3v) is 7.19. The molecular weight excluding hydrogens is 424 g/mol. The number of carbonyl (C=O) groups excluding carboxylic acids is 1. The van der Waals surface area contributed by atoms with Gasteiger partial charge in [0, 0.05) is 29.7 Å². The summed E-state index contributed by atoms with van der Waals surface area (Å²) in [5.41, 5.74) is 1.28. The number of nitrogens with one attached hydrogen (secondary N) is 1. The molecule has 0 aromatic heterocycles. The molecule has 2 aromatic carbocycles. The molecule has 1 aliphatic rings. The Morgan fingerprint density at radius 3 is 2.67 bits per heavy atom. The van der Waals surface area contributed by atoms with Crippen molar-refractivity contribution in [3.63, 3.8) is 0 Å². The molecule has 3 rings (SSSR count). The summed E-state index contributed by atoms with van der Waals surface area (Å²) in [6.07, 6.45) is 4.91. The third-order valence-electron chi connectivity index (χ3n) is 4.54. The highest BCUT2D eigenvalue weighted by molar-refractivity contribution is 7.98. The summed E-state index contributed by atoms with van der Waals surface area (Å²) >= 11 is 1.59. The zero-order valence-corrected chi connectivity index (χ0v) is 18.5. The van der Waals surface area contributed by atoms with Crippen LogP contribution in [0.1, 0.15) is 5.56 Å².